The van der Waals surface area contributed by atoms with E-state index in [2.05, 4.69) is 10.6 Å². The Morgan fingerprint density at radius 2 is 1.88 bits per heavy atom. The van der Waals surface area contributed by atoms with Crippen molar-refractivity contribution in [1.29, 1.82) is 0 Å². The molecular weight excluding hydrogens is 314 g/mol. The van der Waals surface area contributed by atoms with Gasteiger partial charge in [0.2, 0.25) is 17.7 Å². The summed E-state index contributed by atoms with van der Waals surface area (Å²) in [5, 5.41) is 14.0. The number of amides is 3. The molecule has 0 aromatic carbocycles. The van der Waals surface area contributed by atoms with Gasteiger partial charge in [-0.1, -0.05) is 0 Å². The van der Waals surface area contributed by atoms with Crippen molar-refractivity contribution >= 4 is 17.7 Å². The van der Waals surface area contributed by atoms with Crippen LogP contribution in [0, 0.1) is 5.92 Å². The molecule has 1 aliphatic heterocycles. The number of nitrogens with one attached hydrogen (secondary N) is 2. The van der Waals surface area contributed by atoms with Gasteiger partial charge in [0.25, 0.3) is 0 Å². The molecule has 1 rings (SSSR count). The number of carbonyl (C=O) groups excluding carboxylic acids is 3. The molecule has 0 radical (unpaired) electrons. The molecule has 8 heteroatoms. The highest BCUT2D eigenvalue weighted by Gasteiger charge is 2.26. The second-order valence-corrected chi connectivity index (χ2v) is 5.75. The van der Waals surface area contributed by atoms with Crippen molar-refractivity contribution in [2.75, 3.05) is 46.0 Å². The van der Waals surface area contributed by atoms with Gasteiger partial charge in [-0.15, -0.1) is 0 Å². The molecule has 0 aromatic rings. The SMILES string of the molecule is CCOCCCNC(=O)C1CCN(C(=O)CCNC(=O)CO)CC1. The molecule has 0 saturated carbocycles. The van der Waals surface area contributed by atoms with Gasteiger partial charge in [0, 0.05) is 51.7 Å². The third-order valence-corrected chi connectivity index (χ3v) is 3.99. The fourth-order valence-corrected chi connectivity index (χ4v) is 2.59. The number of hydrogen-bond acceptors (Lipinski definition) is 5. The second kappa shape index (κ2) is 11.8. The van der Waals surface area contributed by atoms with Crippen molar-refractivity contribution in [2.24, 2.45) is 5.92 Å². The predicted molar refractivity (Wildman–Crippen MR) is 88.1 cm³/mol. The van der Waals surface area contributed by atoms with E-state index < -0.39 is 12.5 Å². The highest BCUT2D eigenvalue weighted by atomic mass is 16.5. The van der Waals surface area contributed by atoms with E-state index in [9.17, 15) is 14.4 Å². The monoisotopic (exact) mass is 343 g/mol. The van der Waals surface area contributed by atoms with E-state index in [-0.39, 0.29) is 30.7 Å². The highest BCUT2D eigenvalue weighted by Crippen LogP contribution is 2.17. The average molecular weight is 343 g/mol. The van der Waals surface area contributed by atoms with Gasteiger partial charge >= 0.3 is 0 Å². The number of hydrogen-bond donors (Lipinski definition) is 3. The molecule has 3 N–H and O–H groups in total. The molecule has 0 aliphatic carbocycles. The van der Waals surface area contributed by atoms with Crippen LogP contribution >= 0.6 is 0 Å². The van der Waals surface area contributed by atoms with Gasteiger partial charge in [-0.2, -0.15) is 0 Å². The van der Waals surface area contributed by atoms with Gasteiger partial charge in [0.05, 0.1) is 0 Å². The van der Waals surface area contributed by atoms with Crippen LogP contribution in [0.4, 0.5) is 0 Å². The summed E-state index contributed by atoms with van der Waals surface area (Å²) < 4.78 is 5.22. The average Bonchev–Trinajstić information content (AvgIpc) is 2.61. The first-order chi connectivity index (χ1) is 11.6. The van der Waals surface area contributed by atoms with Crippen molar-refractivity contribution in [3.63, 3.8) is 0 Å². The summed E-state index contributed by atoms with van der Waals surface area (Å²) in [6.45, 7) is 4.66. The smallest absolute Gasteiger partial charge is 0.245 e. The number of ether oxygens (including phenoxy) is 1. The number of rotatable bonds is 10. The third-order valence-electron chi connectivity index (χ3n) is 3.99. The topological polar surface area (TPSA) is 108 Å². The van der Waals surface area contributed by atoms with Gasteiger partial charge in [-0.3, -0.25) is 14.4 Å². The van der Waals surface area contributed by atoms with E-state index >= 15 is 0 Å². The fraction of sp³-hybridized carbons (Fsp3) is 0.812. The van der Waals surface area contributed by atoms with Crippen LogP contribution in [0.3, 0.4) is 0 Å². The molecular formula is C16H29N3O5. The Morgan fingerprint density at radius 3 is 2.50 bits per heavy atom. The maximum Gasteiger partial charge on any atom is 0.245 e. The highest BCUT2D eigenvalue weighted by molar-refractivity contribution is 5.81. The van der Waals surface area contributed by atoms with Crippen molar-refractivity contribution in [3.8, 4) is 0 Å². The van der Waals surface area contributed by atoms with Crippen molar-refractivity contribution in [2.45, 2.75) is 32.6 Å². The van der Waals surface area contributed by atoms with Gasteiger partial charge in [0.1, 0.15) is 6.61 Å². The molecule has 1 fully saturated rings. The van der Waals surface area contributed by atoms with E-state index in [0.29, 0.717) is 45.7 Å². The molecule has 8 nitrogen and oxygen atoms in total. The number of aliphatic hydroxyl groups excluding tert-OH is 1. The summed E-state index contributed by atoms with van der Waals surface area (Å²) in [5.41, 5.74) is 0. The molecule has 0 spiro atoms. The summed E-state index contributed by atoms with van der Waals surface area (Å²) in [5.74, 6) is -0.518. The Balaban J connectivity index is 2.17. The zero-order valence-corrected chi connectivity index (χ0v) is 14.4. The fourth-order valence-electron chi connectivity index (χ4n) is 2.59. The van der Waals surface area contributed by atoms with E-state index in [1.807, 2.05) is 6.92 Å². The number of aliphatic hydroxyl groups is 1. The van der Waals surface area contributed by atoms with Crippen LogP contribution < -0.4 is 10.6 Å². The largest absolute Gasteiger partial charge is 0.387 e. The molecule has 0 atom stereocenters. The lowest BCUT2D eigenvalue weighted by atomic mass is 9.95. The zero-order valence-electron chi connectivity index (χ0n) is 14.4. The minimum atomic E-state index is -0.570. The van der Waals surface area contributed by atoms with Crippen LogP contribution in [0.15, 0.2) is 0 Å². The predicted octanol–water partition coefficient (Wildman–Crippen LogP) is -0.734. The lowest BCUT2D eigenvalue weighted by molar-refractivity contribution is -0.135. The Labute approximate surface area is 142 Å². The quantitative estimate of drug-likeness (QED) is 0.453. The van der Waals surface area contributed by atoms with E-state index in [4.69, 9.17) is 9.84 Å². The van der Waals surface area contributed by atoms with Crippen LogP contribution in [0.25, 0.3) is 0 Å². The molecule has 1 saturated heterocycles. The van der Waals surface area contributed by atoms with Gasteiger partial charge < -0.3 is 25.4 Å². The third kappa shape index (κ3) is 7.74. The molecule has 3 amide bonds. The first-order valence-corrected chi connectivity index (χ1v) is 8.59. The lowest BCUT2D eigenvalue weighted by Crippen LogP contribution is -2.44. The van der Waals surface area contributed by atoms with Crippen LogP contribution in [0.1, 0.15) is 32.6 Å². The number of likely N-dealkylation sites (tertiary alicyclic amines) is 1. The van der Waals surface area contributed by atoms with Crippen LogP contribution in [0.5, 0.6) is 0 Å². The molecule has 0 aromatic heterocycles. The maximum absolute atomic E-state index is 12.1. The normalized spacial score (nSPS) is 15.2. The van der Waals surface area contributed by atoms with Crippen molar-refractivity contribution in [3.05, 3.63) is 0 Å². The molecule has 24 heavy (non-hydrogen) atoms. The Bertz CT molecular complexity index is 409. The summed E-state index contributed by atoms with van der Waals surface area (Å²) in [6.07, 6.45) is 2.33. The number of piperidine rings is 1. The van der Waals surface area contributed by atoms with Gasteiger partial charge in [-0.05, 0) is 26.2 Å². The van der Waals surface area contributed by atoms with E-state index in [0.717, 1.165) is 6.42 Å². The number of nitrogens with zero attached hydrogens (tertiary/aromatic N) is 1. The summed E-state index contributed by atoms with van der Waals surface area (Å²) >= 11 is 0. The summed E-state index contributed by atoms with van der Waals surface area (Å²) in [7, 11) is 0. The molecule has 1 heterocycles. The van der Waals surface area contributed by atoms with Gasteiger partial charge in [-0.25, -0.2) is 0 Å². The minimum Gasteiger partial charge on any atom is -0.387 e. The van der Waals surface area contributed by atoms with E-state index in [1.54, 1.807) is 4.90 Å². The van der Waals surface area contributed by atoms with Crippen molar-refractivity contribution < 1.29 is 24.2 Å². The molecule has 0 unspecified atom stereocenters. The Kier molecular flexibility index (Phi) is 10.0. The van der Waals surface area contributed by atoms with E-state index in [1.165, 1.54) is 0 Å². The lowest BCUT2D eigenvalue weighted by Gasteiger charge is -2.31. The Hall–Kier alpha value is -1.67. The first kappa shape index (κ1) is 20.4. The van der Waals surface area contributed by atoms with Crippen LogP contribution in [0.2, 0.25) is 0 Å². The Morgan fingerprint density at radius 1 is 1.17 bits per heavy atom. The number of carbonyl (C=O) groups is 3. The first-order valence-electron chi connectivity index (χ1n) is 8.59. The zero-order chi connectivity index (χ0) is 17.8. The molecule has 0 bridgehead atoms. The molecule has 138 valence electrons. The van der Waals surface area contributed by atoms with Crippen LogP contribution in [-0.2, 0) is 19.1 Å². The second-order valence-electron chi connectivity index (χ2n) is 5.75. The van der Waals surface area contributed by atoms with Crippen LogP contribution in [-0.4, -0.2) is 73.7 Å². The van der Waals surface area contributed by atoms with Crippen molar-refractivity contribution in [1.82, 2.24) is 15.5 Å². The maximum atomic E-state index is 12.1. The minimum absolute atomic E-state index is 0.0381. The standard InChI is InChI=1S/C16H29N3O5/c1-2-24-11-3-7-18-16(23)13-5-9-19(10-6-13)15(22)4-8-17-14(21)12-20/h13,20H,2-12H2,1H3,(H,17,21)(H,18,23). The van der Waals surface area contributed by atoms with Gasteiger partial charge in [0.15, 0.2) is 0 Å². The molecule has 1 aliphatic rings. The summed E-state index contributed by atoms with van der Waals surface area (Å²) in [4.78, 5) is 36.7. The summed E-state index contributed by atoms with van der Waals surface area (Å²) in [6, 6.07) is 0.